The molecule has 1 aromatic rings. The fourth-order valence-corrected chi connectivity index (χ4v) is 2.54. The van der Waals surface area contributed by atoms with Crippen LogP contribution in [-0.4, -0.2) is 17.2 Å². The van der Waals surface area contributed by atoms with Crippen molar-refractivity contribution in [1.29, 1.82) is 0 Å². The molecule has 1 heterocycles. The zero-order valence-electron chi connectivity index (χ0n) is 7.78. The first-order valence-electron chi connectivity index (χ1n) is 3.96. The molecular formula is C8H6BrF5OS. The lowest BCUT2D eigenvalue weighted by Gasteiger charge is -2.23. The summed E-state index contributed by atoms with van der Waals surface area (Å²) in [5.74, 6) is -5.15. The van der Waals surface area contributed by atoms with Crippen LogP contribution in [0.5, 0.6) is 0 Å². The highest BCUT2D eigenvalue weighted by Gasteiger charge is 2.63. The summed E-state index contributed by atoms with van der Waals surface area (Å²) in [7, 11) is 0. The lowest BCUT2D eigenvalue weighted by atomic mass is 10.1. The Labute approximate surface area is 100 Å². The van der Waals surface area contributed by atoms with Crippen LogP contribution in [0.25, 0.3) is 0 Å². The minimum Gasteiger partial charge on any atom is -0.381 e. The molecule has 1 atom stereocenters. The van der Waals surface area contributed by atoms with Gasteiger partial charge in [0.2, 0.25) is 0 Å². The smallest absolute Gasteiger partial charge is 0.381 e. The van der Waals surface area contributed by atoms with Crippen LogP contribution in [0.15, 0.2) is 10.5 Å². The minimum atomic E-state index is -5.77. The monoisotopic (exact) mass is 324 g/mol. The number of aryl methyl sites for hydroxylation is 1. The number of hydrogen-bond acceptors (Lipinski definition) is 2. The van der Waals surface area contributed by atoms with Crippen molar-refractivity contribution in [3.8, 4) is 0 Å². The molecule has 0 aliphatic heterocycles. The molecule has 8 heteroatoms. The molecule has 0 saturated heterocycles. The van der Waals surface area contributed by atoms with Crippen molar-refractivity contribution in [3.63, 3.8) is 0 Å². The van der Waals surface area contributed by atoms with Crippen LogP contribution in [0.2, 0.25) is 0 Å². The van der Waals surface area contributed by atoms with Gasteiger partial charge in [-0.1, -0.05) is 0 Å². The van der Waals surface area contributed by atoms with Gasteiger partial charge in [0, 0.05) is 14.2 Å². The Morgan fingerprint density at radius 2 is 1.81 bits per heavy atom. The van der Waals surface area contributed by atoms with Gasteiger partial charge in [-0.3, -0.25) is 0 Å². The molecule has 1 rings (SSSR count). The topological polar surface area (TPSA) is 20.2 Å². The predicted octanol–water partition coefficient (Wildman–Crippen LogP) is 4.05. The van der Waals surface area contributed by atoms with E-state index in [0.717, 1.165) is 6.07 Å². The van der Waals surface area contributed by atoms with E-state index in [0.29, 0.717) is 20.7 Å². The van der Waals surface area contributed by atoms with Crippen molar-refractivity contribution >= 4 is 27.3 Å². The molecule has 0 fully saturated rings. The van der Waals surface area contributed by atoms with E-state index < -0.39 is 23.1 Å². The summed E-state index contributed by atoms with van der Waals surface area (Å²) in [5.41, 5.74) is 0. The van der Waals surface area contributed by atoms with Crippen molar-refractivity contribution in [2.24, 2.45) is 0 Å². The lowest BCUT2D eigenvalue weighted by molar-refractivity contribution is -0.314. The summed E-state index contributed by atoms with van der Waals surface area (Å²) in [4.78, 5) is 0.0960. The summed E-state index contributed by atoms with van der Waals surface area (Å²) < 4.78 is 61.8. The Bertz CT molecular complexity index is 367. The van der Waals surface area contributed by atoms with E-state index >= 15 is 0 Å². The molecule has 0 radical (unpaired) electrons. The van der Waals surface area contributed by atoms with Crippen LogP contribution < -0.4 is 0 Å². The summed E-state index contributed by atoms with van der Waals surface area (Å²) >= 11 is 3.66. The normalized spacial score (nSPS) is 15.2. The Morgan fingerprint density at radius 1 is 1.31 bits per heavy atom. The van der Waals surface area contributed by atoms with Gasteiger partial charge in [0.05, 0.1) is 0 Å². The molecule has 16 heavy (non-hydrogen) atoms. The van der Waals surface area contributed by atoms with Crippen LogP contribution in [0.3, 0.4) is 0 Å². The van der Waals surface area contributed by atoms with Crippen LogP contribution >= 0.6 is 27.3 Å². The number of thiophene rings is 1. The molecule has 1 nitrogen and oxygen atoms in total. The van der Waals surface area contributed by atoms with Gasteiger partial charge in [-0.05, 0) is 28.9 Å². The minimum absolute atomic E-state index is 0.393. The van der Waals surface area contributed by atoms with E-state index in [1.807, 2.05) is 0 Å². The van der Waals surface area contributed by atoms with Gasteiger partial charge in [-0.15, -0.1) is 11.3 Å². The van der Waals surface area contributed by atoms with E-state index in [1.54, 1.807) is 0 Å². The molecule has 1 aromatic heterocycles. The van der Waals surface area contributed by atoms with Crippen molar-refractivity contribution in [2.45, 2.75) is 25.1 Å². The molecule has 92 valence electrons. The van der Waals surface area contributed by atoms with E-state index in [9.17, 15) is 22.0 Å². The average Bonchev–Trinajstić information content (AvgIpc) is 2.43. The molecule has 0 aliphatic carbocycles. The van der Waals surface area contributed by atoms with E-state index in [1.165, 1.54) is 6.92 Å². The molecule has 0 aromatic carbocycles. The van der Waals surface area contributed by atoms with E-state index in [4.69, 9.17) is 5.11 Å². The second kappa shape index (κ2) is 4.23. The van der Waals surface area contributed by atoms with Crippen LogP contribution in [0, 0.1) is 6.92 Å². The van der Waals surface area contributed by atoms with Gasteiger partial charge in [-0.2, -0.15) is 22.0 Å². The van der Waals surface area contributed by atoms with Gasteiger partial charge in [-0.25, -0.2) is 0 Å². The van der Waals surface area contributed by atoms with Crippen LogP contribution in [0.4, 0.5) is 22.0 Å². The first-order chi connectivity index (χ1) is 7.07. The Morgan fingerprint density at radius 3 is 2.12 bits per heavy atom. The van der Waals surface area contributed by atoms with Crippen molar-refractivity contribution in [2.75, 3.05) is 0 Å². The van der Waals surface area contributed by atoms with Gasteiger partial charge in [0.25, 0.3) is 0 Å². The van der Waals surface area contributed by atoms with Crippen LogP contribution in [-0.2, 0) is 0 Å². The Hall–Kier alpha value is -0.210. The third-order valence-corrected chi connectivity index (χ3v) is 4.06. The van der Waals surface area contributed by atoms with Gasteiger partial charge in [0.1, 0.15) is 0 Å². The van der Waals surface area contributed by atoms with Gasteiger partial charge < -0.3 is 5.11 Å². The summed E-state index contributed by atoms with van der Waals surface area (Å²) in [6, 6.07) is 1.06. The number of aliphatic hydroxyl groups excluding tert-OH is 1. The molecule has 0 aliphatic rings. The van der Waals surface area contributed by atoms with Gasteiger partial charge >= 0.3 is 12.1 Å². The quantitative estimate of drug-likeness (QED) is 0.814. The highest BCUT2D eigenvalue weighted by atomic mass is 79.9. The number of aliphatic hydroxyl groups is 1. The predicted molar refractivity (Wildman–Crippen MR) is 52.7 cm³/mol. The van der Waals surface area contributed by atoms with E-state index in [2.05, 4.69) is 15.9 Å². The number of hydrogen-bond donors (Lipinski definition) is 1. The van der Waals surface area contributed by atoms with Crippen molar-refractivity contribution in [3.05, 3.63) is 20.3 Å². The second-order valence-corrected chi connectivity index (χ2v) is 5.22. The fraction of sp³-hybridized carbons (Fsp3) is 0.500. The molecule has 0 amide bonds. The molecular weight excluding hydrogens is 319 g/mol. The summed E-state index contributed by atoms with van der Waals surface area (Å²) in [6.07, 6.45) is -8.64. The molecule has 0 bridgehead atoms. The first kappa shape index (κ1) is 13.9. The second-order valence-electron chi connectivity index (χ2n) is 3.08. The SMILES string of the molecule is Cc1sc(C(O)C(F)(F)C(F)(F)F)cc1Br. The average molecular weight is 325 g/mol. The first-order valence-corrected chi connectivity index (χ1v) is 5.56. The summed E-state index contributed by atoms with van der Waals surface area (Å²) in [5, 5.41) is 9.04. The van der Waals surface area contributed by atoms with Gasteiger partial charge in [0.15, 0.2) is 6.10 Å². The lowest BCUT2D eigenvalue weighted by Crippen LogP contribution is -2.41. The van der Waals surface area contributed by atoms with E-state index in [-0.39, 0.29) is 0 Å². The molecule has 1 N–H and O–H groups in total. The summed E-state index contributed by atoms with van der Waals surface area (Å²) in [6.45, 7) is 1.54. The highest BCUT2D eigenvalue weighted by molar-refractivity contribution is 9.10. The highest BCUT2D eigenvalue weighted by Crippen LogP contribution is 2.46. The molecule has 1 unspecified atom stereocenters. The maximum Gasteiger partial charge on any atom is 0.456 e. The third-order valence-electron chi connectivity index (χ3n) is 1.87. The largest absolute Gasteiger partial charge is 0.456 e. The number of halogens is 6. The maximum absolute atomic E-state index is 12.8. The van der Waals surface area contributed by atoms with Crippen molar-refractivity contribution in [1.82, 2.24) is 0 Å². The maximum atomic E-state index is 12.8. The standard InChI is InChI=1S/C8H6BrF5OS/c1-3-4(9)2-5(16-3)6(15)7(10,11)8(12,13)14/h2,6,15H,1H3. The zero-order valence-corrected chi connectivity index (χ0v) is 10.2. The number of alkyl halides is 5. The fourth-order valence-electron chi connectivity index (χ4n) is 0.950. The molecule has 0 saturated carbocycles. The Balaban J connectivity index is 3.07. The van der Waals surface area contributed by atoms with Crippen molar-refractivity contribution < 1.29 is 27.1 Å². The van der Waals surface area contributed by atoms with Crippen LogP contribution in [0.1, 0.15) is 15.9 Å². The molecule has 0 spiro atoms. The number of rotatable bonds is 2. The Kier molecular flexibility index (Phi) is 3.66. The third kappa shape index (κ3) is 2.38. The zero-order chi connectivity index (χ0) is 12.7.